The highest BCUT2D eigenvalue weighted by atomic mass is 35.5. The first-order chi connectivity index (χ1) is 9.18. The van der Waals surface area contributed by atoms with Crippen molar-refractivity contribution in [2.75, 3.05) is 0 Å². The van der Waals surface area contributed by atoms with Crippen LogP contribution in [0.25, 0.3) is 0 Å². The lowest BCUT2D eigenvalue weighted by Gasteiger charge is -2.23. The molecule has 1 atom stereocenters. The molecule has 0 heterocycles. The second-order valence-corrected chi connectivity index (χ2v) is 4.46. The third-order valence-corrected chi connectivity index (χ3v) is 3.14. The molecule has 98 valence electrons. The summed E-state index contributed by atoms with van der Waals surface area (Å²) in [6.45, 7) is 0. The van der Waals surface area contributed by atoms with Gasteiger partial charge in [-0.3, -0.25) is 4.79 Å². The van der Waals surface area contributed by atoms with Crippen LogP contribution in [0.4, 0.5) is 0 Å². The minimum absolute atomic E-state index is 0.398. The number of benzene rings is 2. The van der Waals surface area contributed by atoms with Gasteiger partial charge in [0.15, 0.2) is 0 Å². The normalized spacial score (nSPS) is 13.8. The van der Waals surface area contributed by atoms with Crippen molar-refractivity contribution in [3.05, 3.63) is 71.8 Å². The molecule has 0 saturated carbocycles. The minimum Gasteiger partial charge on any atom is -0.289 e. The molecule has 2 aromatic carbocycles. The maximum atomic E-state index is 12.5. The van der Waals surface area contributed by atoms with Crippen molar-refractivity contribution < 1.29 is 14.1 Å². The summed E-state index contributed by atoms with van der Waals surface area (Å²) in [5.74, 6) is -0.457. The monoisotopic (exact) mass is 296 g/mol. The SMILES string of the molecule is O=C(c1ccccc1)C(Cl)(OOCl)c1ccccc1. The summed E-state index contributed by atoms with van der Waals surface area (Å²) in [6, 6.07) is 17.1. The molecule has 0 bridgehead atoms. The van der Waals surface area contributed by atoms with Gasteiger partial charge in [0.05, 0.1) is 0 Å². The summed E-state index contributed by atoms with van der Waals surface area (Å²) in [6.07, 6.45) is 0. The number of ketones is 1. The Bertz CT molecular complexity index is 545. The molecule has 2 rings (SSSR count). The van der Waals surface area contributed by atoms with Crippen LogP contribution in [0.15, 0.2) is 60.7 Å². The highest BCUT2D eigenvalue weighted by Crippen LogP contribution is 2.35. The molecular weight excluding hydrogens is 287 g/mol. The van der Waals surface area contributed by atoms with Crippen LogP contribution in [-0.4, -0.2) is 5.78 Å². The Hall–Kier alpha value is -1.39. The molecule has 0 spiro atoms. The van der Waals surface area contributed by atoms with Crippen molar-refractivity contribution in [3.63, 3.8) is 0 Å². The second-order valence-electron chi connectivity index (χ2n) is 3.80. The molecule has 0 aliphatic rings. The van der Waals surface area contributed by atoms with Crippen molar-refractivity contribution in [2.45, 2.75) is 5.06 Å². The molecule has 0 fully saturated rings. The summed E-state index contributed by atoms with van der Waals surface area (Å²) in [5.41, 5.74) is 0.834. The average Bonchev–Trinajstić information content (AvgIpc) is 2.48. The van der Waals surface area contributed by atoms with E-state index in [0.717, 1.165) is 0 Å². The first kappa shape index (κ1) is 14.0. The maximum absolute atomic E-state index is 12.5. The molecule has 0 saturated heterocycles. The lowest BCUT2D eigenvalue weighted by Crippen LogP contribution is -2.32. The third-order valence-electron chi connectivity index (χ3n) is 2.62. The van der Waals surface area contributed by atoms with E-state index in [4.69, 9.17) is 28.4 Å². The van der Waals surface area contributed by atoms with E-state index >= 15 is 0 Å². The highest BCUT2D eigenvalue weighted by Gasteiger charge is 2.41. The smallest absolute Gasteiger partial charge is 0.265 e. The van der Waals surface area contributed by atoms with E-state index in [1.54, 1.807) is 60.7 Å². The van der Waals surface area contributed by atoms with E-state index in [1.807, 2.05) is 0 Å². The second kappa shape index (κ2) is 6.17. The Balaban J connectivity index is 2.43. The molecular formula is C14H10Cl2O3. The molecule has 0 aromatic heterocycles. The van der Waals surface area contributed by atoms with Gasteiger partial charge in [-0.1, -0.05) is 72.3 Å². The standard InChI is InChI=1S/C14H10Cl2O3/c15-14(18-19-16,12-9-5-2-6-10-12)13(17)11-7-3-1-4-8-11/h1-10H. The summed E-state index contributed by atoms with van der Waals surface area (Å²) in [7, 11) is 0. The van der Waals surface area contributed by atoms with Gasteiger partial charge in [-0.15, -0.1) is 4.44 Å². The molecule has 0 radical (unpaired) electrons. The highest BCUT2D eigenvalue weighted by molar-refractivity contribution is 6.36. The zero-order valence-electron chi connectivity index (χ0n) is 9.75. The predicted octanol–water partition coefficient (Wildman–Crippen LogP) is 4.06. The Morgan fingerprint density at radius 2 is 1.47 bits per heavy atom. The quantitative estimate of drug-likeness (QED) is 0.361. The number of hydrogen-bond donors (Lipinski definition) is 0. The summed E-state index contributed by atoms with van der Waals surface area (Å²) >= 11 is 11.4. The van der Waals surface area contributed by atoms with Gasteiger partial charge in [0.25, 0.3) is 5.06 Å². The van der Waals surface area contributed by atoms with E-state index in [1.165, 1.54) is 0 Å². The molecule has 19 heavy (non-hydrogen) atoms. The number of carbonyl (C=O) groups excluding carboxylic acids is 1. The summed E-state index contributed by atoms with van der Waals surface area (Å²) < 4.78 is 4.12. The molecule has 0 aliphatic carbocycles. The van der Waals surface area contributed by atoms with Crippen molar-refractivity contribution in [3.8, 4) is 0 Å². The molecule has 0 aliphatic heterocycles. The van der Waals surface area contributed by atoms with E-state index < -0.39 is 10.8 Å². The van der Waals surface area contributed by atoms with Gasteiger partial charge in [-0.25, -0.2) is 0 Å². The Labute approximate surface area is 120 Å². The number of hydrogen-bond acceptors (Lipinski definition) is 3. The molecule has 5 heteroatoms. The van der Waals surface area contributed by atoms with Crippen LogP contribution in [0.5, 0.6) is 0 Å². The number of carbonyl (C=O) groups is 1. The van der Waals surface area contributed by atoms with E-state index in [2.05, 4.69) is 4.44 Å². The lowest BCUT2D eigenvalue weighted by atomic mass is 9.99. The molecule has 1 unspecified atom stereocenters. The number of halogens is 2. The average molecular weight is 297 g/mol. The first-order valence-electron chi connectivity index (χ1n) is 5.49. The zero-order valence-corrected chi connectivity index (χ0v) is 11.3. The molecule has 3 nitrogen and oxygen atoms in total. The summed E-state index contributed by atoms with van der Waals surface area (Å²) in [5, 5.41) is -1.82. The number of alkyl halides is 1. The van der Waals surface area contributed by atoms with E-state index in [-0.39, 0.29) is 0 Å². The maximum Gasteiger partial charge on any atom is 0.265 e. The van der Waals surface area contributed by atoms with Crippen molar-refractivity contribution in [1.82, 2.24) is 0 Å². The zero-order chi connectivity index (χ0) is 13.7. The van der Waals surface area contributed by atoms with Gasteiger partial charge >= 0.3 is 0 Å². The van der Waals surface area contributed by atoms with Crippen LogP contribution >= 0.6 is 23.5 Å². The van der Waals surface area contributed by atoms with Gasteiger partial charge in [0.2, 0.25) is 5.78 Å². The molecule has 2 aromatic rings. The van der Waals surface area contributed by atoms with E-state index in [9.17, 15) is 4.79 Å². The van der Waals surface area contributed by atoms with Crippen LogP contribution in [-0.2, 0) is 14.4 Å². The fourth-order valence-corrected chi connectivity index (χ4v) is 2.08. The largest absolute Gasteiger partial charge is 0.289 e. The van der Waals surface area contributed by atoms with Crippen LogP contribution in [0, 0.1) is 0 Å². The first-order valence-corrected chi connectivity index (χ1v) is 6.18. The van der Waals surface area contributed by atoms with Crippen LogP contribution < -0.4 is 0 Å². The Morgan fingerprint density at radius 3 is 2.00 bits per heavy atom. The van der Waals surface area contributed by atoms with Gasteiger partial charge < -0.3 is 0 Å². The van der Waals surface area contributed by atoms with Crippen LogP contribution in [0.2, 0.25) is 0 Å². The van der Waals surface area contributed by atoms with Gasteiger partial charge in [0, 0.05) is 11.1 Å². The minimum atomic E-state index is -1.82. The Morgan fingerprint density at radius 1 is 0.947 bits per heavy atom. The van der Waals surface area contributed by atoms with Gasteiger partial charge in [-0.05, 0) is 0 Å². The van der Waals surface area contributed by atoms with Crippen LogP contribution in [0.1, 0.15) is 15.9 Å². The van der Waals surface area contributed by atoms with Gasteiger partial charge in [0.1, 0.15) is 11.9 Å². The third kappa shape index (κ3) is 2.96. The van der Waals surface area contributed by atoms with Gasteiger partial charge in [-0.2, -0.15) is 4.89 Å². The molecule has 0 amide bonds. The molecule has 0 N–H and O–H groups in total. The fourth-order valence-electron chi connectivity index (χ4n) is 1.69. The van der Waals surface area contributed by atoms with Crippen molar-refractivity contribution in [2.24, 2.45) is 0 Å². The lowest BCUT2D eigenvalue weighted by molar-refractivity contribution is -0.246. The topological polar surface area (TPSA) is 35.5 Å². The number of Topliss-reactive ketones (excluding diaryl/α,β-unsaturated/α-hetero) is 1. The van der Waals surface area contributed by atoms with Crippen LogP contribution in [0.3, 0.4) is 0 Å². The van der Waals surface area contributed by atoms with E-state index in [0.29, 0.717) is 11.1 Å². The van der Waals surface area contributed by atoms with Crippen molar-refractivity contribution in [1.29, 1.82) is 0 Å². The predicted molar refractivity (Wildman–Crippen MR) is 72.8 cm³/mol. The summed E-state index contributed by atoms with van der Waals surface area (Å²) in [4.78, 5) is 17.3. The Kier molecular flexibility index (Phi) is 4.56. The van der Waals surface area contributed by atoms with Crippen molar-refractivity contribution >= 4 is 29.3 Å². The fraction of sp³-hybridized carbons (Fsp3) is 0.0714. The number of rotatable bonds is 5.